The lowest BCUT2D eigenvalue weighted by Crippen LogP contribution is -1.87. The predicted octanol–water partition coefficient (Wildman–Crippen LogP) is 0.391. The highest BCUT2D eigenvalue weighted by Gasteiger charge is 1.73. The van der Waals surface area contributed by atoms with Gasteiger partial charge in [-0.25, -0.2) is 0 Å². The minimum Gasteiger partial charge on any atom is -0.396 e. The molecule has 0 radical (unpaired) electrons. The van der Waals surface area contributed by atoms with Crippen molar-refractivity contribution in [3.8, 4) is 0 Å². The molecule has 0 saturated heterocycles. The van der Waals surface area contributed by atoms with Crippen molar-refractivity contribution in [2.24, 2.45) is 5.16 Å². The SMILES string of the molecule is CCCO/N=C\CO. The van der Waals surface area contributed by atoms with Crippen molar-refractivity contribution < 1.29 is 9.94 Å². The number of oxime groups is 1. The first-order valence-corrected chi connectivity index (χ1v) is 2.66. The van der Waals surface area contributed by atoms with E-state index >= 15 is 0 Å². The van der Waals surface area contributed by atoms with E-state index in [0.717, 1.165) is 6.42 Å². The lowest BCUT2D eigenvalue weighted by atomic mass is 10.5. The van der Waals surface area contributed by atoms with Crippen LogP contribution in [0.4, 0.5) is 0 Å². The van der Waals surface area contributed by atoms with Crippen LogP contribution in [0, 0.1) is 0 Å². The third kappa shape index (κ3) is 5.43. The van der Waals surface area contributed by atoms with E-state index < -0.39 is 0 Å². The summed E-state index contributed by atoms with van der Waals surface area (Å²) < 4.78 is 0. The molecule has 0 bridgehead atoms. The average molecular weight is 117 g/mol. The smallest absolute Gasteiger partial charge is 0.116 e. The van der Waals surface area contributed by atoms with Gasteiger partial charge < -0.3 is 9.94 Å². The molecule has 3 heteroatoms. The number of hydrogen-bond donors (Lipinski definition) is 1. The van der Waals surface area contributed by atoms with Crippen LogP contribution in [-0.2, 0) is 4.84 Å². The second-order valence-electron chi connectivity index (χ2n) is 1.30. The van der Waals surface area contributed by atoms with E-state index in [0.29, 0.717) is 6.61 Å². The molecule has 0 amide bonds. The van der Waals surface area contributed by atoms with Gasteiger partial charge in [-0.05, 0) is 6.42 Å². The van der Waals surface area contributed by atoms with Crippen LogP contribution in [0.5, 0.6) is 0 Å². The van der Waals surface area contributed by atoms with Crippen molar-refractivity contribution in [1.29, 1.82) is 0 Å². The van der Waals surface area contributed by atoms with Crippen molar-refractivity contribution in [1.82, 2.24) is 0 Å². The topological polar surface area (TPSA) is 41.8 Å². The van der Waals surface area contributed by atoms with Gasteiger partial charge in [0.1, 0.15) is 6.61 Å². The zero-order valence-electron chi connectivity index (χ0n) is 5.00. The first-order valence-electron chi connectivity index (χ1n) is 2.66. The molecule has 0 fully saturated rings. The van der Waals surface area contributed by atoms with Crippen molar-refractivity contribution in [3.05, 3.63) is 0 Å². The molecule has 0 aliphatic rings. The molecule has 0 rings (SSSR count). The normalized spacial score (nSPS) is 10.2. The maximum atomic E-state index is 8.14. The lowest BCUT2D eigenvalue weighted by Gasteiger charge is -1.90. The number of nitrogens with zero attached hydrogens (tertiary/aromatic N) is 1. The lowest BCUT2D eigenvalue weighted by molar-refractivity contribution is 0.144. The minimum atomic E-state index is -0.0519. The zero-order chi connectivity index (χ0) is 6.24. The van der Waals surface area contributed by atoms with Gasteiger partial charge in [-0.1, -0.05) is 12.1 Å². The Balaban J connectivity index is 2.80. The number of aliphatic hydroxyl groups excluding tert-OH is 1. The molecular weight excluding hydrogens is 106 g/mol. The quantitative estimate of drug-likeness (QED) is 0.329. The van der Waals surface area contributed by atoms with Crippen LogP contribution in [0.1, 0.15) is 13.3 Å². The molecule has 1 N–H and O–H groups in total. The van der Waals surface area contributed by atoms with E-state index in [1.54, 1.807) is 0 Å². The Labute approximate surface area is 49.0 Å². The van der Waals surface area contributed by atoms with Gasteiger partial charge in [-0.15, -0.1) is 0 Å². The first-order chi connectivity index (χ1) is 3.91. The van der Waals surface area contributed by atoms with Crippen LogP contribution >= 0.6 is 0 Å². The zero-order valence-corrected chi connectivity index (χ0v) is 5.00. The van der Waals surface area contributed by atoms with Gasteiger partial charge in [0.2, 0.25) is 0 Å². The van der Waals surface area contributed by atoms with Crippen LogP contribution in [0.25, 0.3) is 0 Å². The molecule has 0 spiro atoms. The van der Waals surface area contributed by atoms with Crippen LogP contribution in [0.3, 0.4) is 0 Å². The van der Waals surface area contributed by atoms with Gasteiger partial charge >= 0.3 is 0 Å². The van der Waals surface area contributed by atoms with Crippen LogP contribution in [0.15, 0.2) is 5.16 Å². The maximum Gasteiger partial charge on any atom is 0.116 e. The van der Waals surface area contributed by atoms with Gasteiger partial charge in [-0.3, -0.25) is 0 Å². The average Bonchev–Trinajstić information content (AvgIpc) is 1.81. The molecule has 0 aromatic heterocycles. The Morgan fingerprint density at radius 2 is 2.50 bits per heavy atom. The van der Waals surface area contributed by atoms with Gasteiger partial charge in [0.25, 0.3) is 0 Å². The van der Waals surface area contributed by atoms with Crippen LogP contribution in [0.2, 0.25) is 0 Å². The highest BCUT2D eigenvalue weighted by Crippen LogP contribution is 1.77. The maximum absolute atomic E-state index is 8.14. The van der Waals surface area contributed by atoms with Gasteiger partial charge in [0, 0.05) is 0 Å². The molecule has 0 aliphatic carbocycles. The third-order valence-corrected chi connectivity index (χ3v) is 0.526. The molecule has 0 aromatic carbocycles. The molecular formula is C5H11NO2. The number of aliphatic hydroxyl groups is 1. The third-order valence-electron chi connectivity index (χ3n) is 0.526. The summed E-state index contributed by atoms with van der Waals surface area (Å²) in [5, 5.41) is 11.5. The summed E-state index contributed by atoms with van der Waals surface area (Å²) in [6, 6.07) is 0. The second kappa shape index (κ2) is 6.43. The van der Waals surface area contributed by atoms with Crippen molar-refractivity contribution >= 4 is 6.21 Å². The molecule has 0 unspecified atom stereocenters. The summed E-state index contributed by atoms with van der Waals surface area (Å²) >= 11 is 0. The Morgan fingerprint density at radius 3 is 3.00 bits per heavy atom. The van der Waals surface area contributed by atoms with Gasteiger partial charge in [-0.2, -0.15) is 0 Å². The summed E-state index contributed by atoms with van der Waals surface area (Å²) in [5.74, 6) is 0. The molecule has 0 saturated carbocycles. The fraction of sp³-hybridized carbons (Fsp3) is 0.800. The summed E-state index contributed by atoms with van der Waals surface area (Å²) in [7, 11) is 0. The molecule has 0 heterocycles. The highest BCUT2D eigenvalue weighted by molar-refractivity contribution is 5.57. The van der Waals surface area contributed by atoms with Crippen LogP contribution in [-0.4, -0.2) is 24.5 Å². The van der Waals surface area contributed by atoms with Gasteiger partial charge in [0.15, 0.2) is 0 Å². The Morgan fingerprint density at radius 1 is 1.75 bits per heavy atom. The summed E-state index contributed by atoms with van der Waals surface area (Å²) in [5.41, 5.74) is 0. The standard InChI is InChI=1S/C5H11NO2/c1-2-5-8-6-3-4-7/h3,7H,2,4-5H2,1H3/b6-3-. The van der Waals surface area contributed by atoms with Crippen molar-refractivity contribution in [3.63, 3.8) is 0 Å². The van der Waals surface area contributed by atoms with Crippen molar-refractivity contribution in [2.45, 2.75) is 13.3 Å². The monoisotopic (exact) mass is 117 g/mol. The van der Waals surface area contributed by atoms with Gasteiger partial charge in [0.05, 0.1) is 12.8 Å². The molecule has 8 heavy (non-hydrogen) atoms. The first kappa shape index (κ1) is 7.43. The van der Waals surface area contributed by atoms with E-state index in [4.69, 9.17) is 5.11 Å². The Bertz CT molecular complexity index is 63.4. The molecule has 48 valence electrons. The van der Waals surface area contributed by atoms with E-state index in [9.17, 15) is 0 Å². The summed E-state index contributed by atoms with van der Waals surface area (Å²) in [6.45, 7) is 2.56. The summed E-state index contributed by atoms with van der Waals surface area (Å²) in [6.07, 6.45) is 2.26. The molecule has 0 atom stereocenters. The highest BCUT2D eigenvalue weighted by atomic mass is 16.6. The fourth-order valence-electron chi connectivity index (χ4n) is 0.230. The van der Waals surface area contributed by atoms with E-state index in [1.807, 2.05) is 6.92 Å². The van der Waals surface area contributed by atoms with E-state index in [1.165, 1.54) is 6.21 Å². The number of rotatable bonds is 4. The number of hydrogen-bond acceptors (Lipinski definition) is 3. The minimum absolute atomic E-state index is 0.0519. The Kier molecular flexibility index (Phi) is 5.97. The van der Waals surface area contributed by atoms with E-state index in [-0.39, 0.29) is 6.61 Å². The van der Waals surface area contributed by atoms with Crippen molar-refractivity contribution in [2.75, 3.05) is 13.2 Å². The molecule has 0 aliphatic heterocycles. The van der Waals surface area contributed by atoms with Crippen LogP contribution < -0.4 is 0 Å². The Hall–Kier alpha value is -0.570. The fourth-order valence-corrected chi connectivity index (χ4v) is 0.230. The molecule has 3 nitrogen and oxygen atoms in total. The second-order valence-corrected chi connectivity index (χ2v) is 1.30. The van der Waals surface area contributed by atoms with E-state index in [2.05, 4.69) is 9.99 Å². The summed E-state index contributed by atoms with van der Waals surface area (Å²) in [4.78, 5) is 4.63. The largest absolute Gasteiger partial charge is 0.396 e. The molecule has 0 aromatic rings. The predicted molar refractivity (Wildman–Crippen MR) is 31.8 cm³/mol.